The van der Waals surface area contributed by atoms with Gasteiger partial charge in [-0.05, 0) is 0 Å². The first-order valence-electron chi connectivity index (χ1n) is 9.99. The average molecular weight is 850 g/mol. The number of rotatable bonds is 12. The molecule has 0 amide bonds. The minimum Gasteiger partial charge on any atom is -0.544 e. The molecule has 0 bridgehead atoms. The Bertz CT molecular complexity index is 1160. The number of hydrogen-bond acceptors (Lipinski definition) is 4. The van der Waals surface area contributed by atoms with Crippen molar-refractivity contribution in [3.63, 3.8) is 0 Å². The summed E-state index contributed by atoms with van der Waals surface area (Å²) in [5.41, 5.74) is 0. The molecular weight excluding hydrogens is 850 g/mol. The Balaban J connectivity index is -0.000000886. The van der Waals surface area contributed by atoms with E-state index in [1.165, 1.54) is 0 Å². The summed E-state index contributed by atoms with van der Waals surface area (Å²) in [4.78, 5) is 19.2. The van der Waals surface area contributed by atoms with E-state index < -0.39 is 95.4 Å². The standard InChI is InChI=1S/2C8HF15O2.Mg/c2*9-2(10,1(24)25)3(11,12)4(13,14)5(15,16)6(17,18)7(19,20)8(21,22)23;/h2*(H,24,25);/q;;+2/p-2. The zero-order valence-electron chi connectivity index (χ0n) is 21.7. The maximum atomic E-state index is 12.8. The molecule has 0 saturated carbocycles. The van der Waals surface area contributed by atoms with Crippen LogP contribution in [0, 0.1) is 0 Å². The van der Waals surface area contributed by atoms with Crippen molar-refractivity contribution in [2.24, 2.45) is 0 Å². The third kappa shape index (κ3) is 7.16. The van der Waals surface area contributed by atoms with Gasteiger partial charge in [0.05, 0.1) is 0 Å². The fourth-order valence-corrected chi connectivity index (χ4v) is 2.19. The van der Waals surface area contributed by atoms with Crippen molar-refractivity contribution in [3.8, 4) is 0 Å². The van der Waals surface area contributed by atoms with Crippen molar-refractivity contribution >= 4 is 35.0 Å². The predicted octanol–water partition coefficient (Wildman–Crippen LogP) is 5.84. The van der Waals surface area contributed by atoms with Gasteiger partial charge in [0, 0.05) is 0 Å². The molecule has 0 aromatic heterocycles. The van der Waals surface area contributed by atoms with Gasteiger partial charge in [-0.3, -0.25) is 0 Å². The number of carboxylic acid groups (broad SMARTS) is 2. The zero-order valence-corrected chi connectivity index (χ0v) is 23.1. The summed E-state index contributed by atoms with van der Waals surface area (Å²) < 4.78 is 372. The minimum atomic E-state index is -8.50. The smallest absolute Gasteiger partial charge is 0.544 e. The minimum absolute atomic E-state index is 0. The van der Waals surface area contributed by atoms with Gasteiger partial charge in [0.1, 0.15) is 11.9 Å². The van der Waals surface area contributed by atoms with Crippen LogP contribution in [0.2, 0.25) is 0 Å². The second kappa shape index (κ2) is 13.5. The van der Waals surface area contributed by atoms with Crippen LogP contribution in [0.1, 0.15) is 0 Å². The van der Waals surface area contributed by atoms with E-state index in [0.29, 0.717) is 0 Å². The Morgan fingerprint density at radius 3 is 0.490 bits per heavy atom. The number of carbonyl (C=O) groups excluding carboxylic acids is 2. The van der Waals surface area contributed by atoms with Gasteiger partial charge in [0.15, 0.2) is 0 Å². The van der Waals surface area contributed by atoms with Crippen LogP contribution in [-0.2, 0) is 9.59 Å². The van der Waals surface area contributed by atoms with Gasteiger partial charge in [0.25, 0.3) is 0 Å². The Hall–Kier alpha value is -2.39. The Morgan fingerprint density at radius 2 is 0.373 bits per heavy atom. The summed E-state index contributed by atoms with van der Waals surface area (Å²) in [6.07, 6.45) is -15.4. The summed E-state index contributed by atoms with van der Waals surface area (Å²) >= 11 is 0. The van der Waals surface area contributed by atoms with Gasteiger partial charge in [-0.1, -0.05) is 0 Å². The normalized spacial score (nSPS) is 15.8. The summed E-state index contributed by atoms with van der Waals surface area (Å²) in [7, 11) is 0. The first-order chi connectivity index (χ1) is 20.9. The number of carboxylic acids is 2. The van der Waals surface area contributed by atoms with Gasteiger partial charge in [-0.25, -0.2) is 0 Å². The summed E-state index contributed by atoms with van der Waals surface area (Å²) in [5.74, 6) is -107. The number of alkyl halides is 30. The Kier molecular flexibility index (Phi) is 14.0. The molecular formula is C16F30MgO4. The van der Waals surface area contributed by atoms with Gasteiger partial charge >= 0.3 is 106 Å². The molecule has 0 aliphatic rings. The molecule has 0 aliphatic carbocycles. The molecule has 0 aromatic rings. The summed E-state index contributed by atoms with van der Waals surface area (Å²) in [6, 6.07) is 0. The predicted molar refractivity (Wildman–Crippen MR) is 87.2 cm³/mol. The molecule has 0 aliphatic heterocycles. The molecule has 0 fully saturated rings. The Morgan fingerprint density at radius 1 is 0.255 bits per heavy atom. The van der Waals surface area contributed by atoms with Crippen LogP contribution in [0.5, 0.6) is 0 Å². The van der Waals surface area contributed by atoms with Crippen molar-refractivity contribution in [2.45, 2.75) is 83.4 Å². The number of carbonyl (C=O) groups is 2. The Labute approximate surface area is 270 Å². The molecule has 0 N–H and O–H groups in total. The third-order valence-corrected chi connectivity index (χ3v) is 5.17. The van der Waals surface area contributed by atoms with Crippen molar-refractivity contribution in [3.05, 3.63) is 0 Å². The molecule has 300 valence electrons. The SMILES string of the molecule is O=C([O-])C(F)(F)C(F)(F)C(F)(F)C(F)(F)C(F)(F)C(F)(F)C(F)(F)F.O=C([O-])C(F)(F)C(F)(F)C(F)(F)C(F)(F)C(F)(F)C(F)(F)C(F)(F)F.[Mg+2]. The molecule has 35 heteroatoms. The summed E-state index contributed by atoms with van der Waals surface area (Å²) in [5, 5.41) is 19.2. The number of aliphatic carboxylic acids is 2. The van der Waals surface area contributed by atoms with Crippen molar-refractivity contribution in [2.75, 3.05) is 0 Å². The maximum Gasteiger partial charge on any atom is 2.00 e. The first-order valence-corrected chi connectivity index (χ1v) is 9.99. The van der Waals surface area contributed by atoms with Gasteiger partial charge in [-0.2, -0.15) is 132 Å². The zero-order chi connectivity index (χ0) is 42.2. The van der Waals surface area contributed by atoms with E-state index in [-0.39, 0.29) is 23.1 Å². The van der Waals surface area contributed by atoms with Crippen LogP contribution in [0.15, 0.2) is 0 Å². The largest absolute Gasteiger partial charge is 2.00 e. The number of halogens is 30. The molecule has 0 unspecified atom stereocenters. The van der Waals surface area contributed by atoms with Crippen LogP contribution in [0.3, 0.4) is 0 Å². The topological polar surface area (TPSA) is 80.3 Å². The van der Waals surface area contributed by atoms with Gasteiger partial charge < -0.3 is 19.8 Å². The van der Waals surface area contributed by atoms with E-state index in [0.717, 1.165) is 0 Å². The van der Waals surface area contributed by atoms with E-state index in [4.69, 9.17) is 0 Å². The third-order valence-electron chi connectivity index (χ3n) is 5.17. The maximum absolute atomic E-state index is 12.8. The van der Waals surface area contributed by atoms with Crippen LogP contribution >= 0.6 is 0 Å². The molecule has 0 rings (SSSR count). The average Bonchev–Trinajstić information content (AvgIpc) is 2.86. The van der Waals surface area contributed by atoms with Crippen LogP contribution in [0.25, 0.3) is 0 Å². The quantitative estimate of drug-likeness (QED) is 0.183. The molecule has 0 radical (unpaired) electrons. The molecule has 4 nitrogen and oxygen atoms in total. The van der Waals surface area contributed by atoms with Gasteiger partial charge in [-0.15, -0.1) is 0 Å². The molecule has 0 atom stereocenters. The second-order valence-electron chi connectivity index (χ2n) is 8.46. The van der Waals surface area contributed by atoms with E-state index in [1.54, 1.807) is 0 Å². The molecule has 0 saturated heterocycles. The van der Waals surface area contributed by atoms with Crippen LogP contribution in [-0.4, -0.2) is 118 Å². The fraction of sp³-hybridized carbons (Fsp3) is 0.875. The molecule has 0 spiro atoms. The van der Waals surface area contributed by atoms with E-state index in [2.05, 4.69) is 0 Å². The van der Waals surface area contributed by atoms with Crippen molar-refractivity contribution < 1.29 is 152 Å². The fourth-order valence-electron chi connectivity index (χ4n) is 2.19. The monoisotopic (exact) mass is 850 g/mol. The van der Waals surface area contributed by atoms with Gasteiger partial charge in [0.2, 0.25) is 0 Å². The van der Waals surface area contributed by atoms with Crippen molar-refractivity contribution in [1.29, 1.82) is 0 Å². The van der Waals surface area contributed by atoms with Crippen LogP contribution < -0.4 is 10.2 Å². The first kappa shape index (κ1) is 53.0. The van der Waals surface area contributed by atoms with E-state index in [9.17, 15) is 152 Å². The second-order valence-corrected chi connectivity index (χ2v) is 8.46. The van der Waals surface area contributed by atoms with Crippen molar-refractivity contribution in [1.82, 2.24) is 0 Å². The number of hydrogen-bond donors (Lipinski definition) is 0. The van der Waals surface area contributed by atoms with E-state index in [1.807, 2.05) is 0 Å². The molecule has 51 heavy (non-hydrogen) atoms. The molecule has 0 heterocycles. The van der Waals surface area contributed by atoms with Crippen LogP contribution in [0.4, 0.5) is 132 Å². The van der Waals surface area contributed by atoms with E-state index >= 15 is 0 Å². The summed E-state index contributed by atoms with van der Waals surface area (Å²) in [6.45, 7) is 0. The molecule has 0 aromatic carbocycles.